The molecule has 7 heteroatoms. The van der Waals surface area contributed by atoms with Crippen LogP contribution in [0, 0.1) is 6.92 Å². The molecule has 1 aromatic rings. The number of carbonyl (C=O) groups excluding carboxylic acids is 2. The molecule has 0 atom stereocenters. The molecule has 1 rings (SSSR count). The average molecular weight is 302 g/mol. The van der Waals surface area contributed by atoms with E-state index >= 15 is 0 Å². The van der Waals surface area contributed by atoms with Crippen LogP contribution in [0.3, 0.4) is 0 Å². The molecule has 0 radical (unpaired) electrons. The molecule has 92 valence electrons. The Morgan fingerprint density at radius 2 is 2.12 bits per heavy atom. The molecule has 0 saturated heterocycles. The van der Waals surface area contributed by atoms with E-state index in [-0.39, 0.29) is 6.61 Å². The number of hydrogen-bond donors (Lipinski definition) is 3. The van der Waals surface area contributed by atoms with Crippen LogP contribution >= 0.6 is 15.9 Å². The number of anilines is 1. The van der Waals surface area contributed by atoms with Gasteiger partial charge >= 0.3 is 6.03 Å². The first-order chi connectivity index (χ1) is 7.90. The van der Waals surface area contributed by atoms with E-state index in [1.165, 1.54) is 0 Å². The summed E-state index contributed by atoms with van der Waals surface area (Å²) in [6.45, 7) is 1.47. The van der Waals surface area contributed by atoms with Crippen molar-refractivity contribution >= 4 is 33.6 Å². The van der Waals surface area contributed by atoms with Gasteiger partial charge < -0.3 is 16.2 Å². The zero-order chi connectivity index (χ0) is 13.0. The Balaban J connectivity index is 2.70. The van der Waals surface area contributed by atoms with Crippen LogP contribution in [0.5, 0.6) is 5.75 Å². The predicted octanol–water partition coefficient (Wildman–Crippen LogP) is 0.913. The van der Waals surface area contributed by atoms with Gasteiger partial charge in [0.05, 0.1) is 5.69 Å². The van der Waals surface area contributed by atoms with Crippen molar-refractivity contribution in [3.05, 3.63) is 22.2 Å². The summed E-state index contributed by atoms with van der Waals surface area (Å²) in [5, 5.41) is 1.89. The maximum Gasteiger partial charge on any atom is 0.318 e. The molecule has 5 N–H and O–H groups in total. The number of benzene rings is 1. The van der Waals surface area contributed by atoms with E-state index in [1.54, 1.807) is 19.1 Å². The van der Waals surface area contributed by atoms with E-state index in [1.807, 2.05) is 5.32 Å². The number of imide groups is 1. The topological polar surface area (TPSA) is 107 Å². The largest absolute Gasteiger partial charge is 0.481 e. The number of aryl methyl sites for hydroxylation is 1. The van der Waals surface area contributed by atoms with Gasteiger partial charge in [-0.15, -0.1) is 0 Å². The highest BCUT2D eigenvalue weighted by atomic mass is 79.9. The van der Waals surface area contributed by atoms with Crippen molar-refractivity contribution in [1.29, 1.82) is 0 Å². The van der Waals surface area contributed by atoms with Crippen LogP contribution in [-0.4, -0.2) is 18.5 Å². The van der Waals surface area contributed by atoms with Crippen molar-refractivity contribution in [3.8, 4) is 5.75 Å². The van der Waals surface area contributed by atoms with Gasteiger partial charge in [0.15, 0.2) is 6.61 Å². The summed E-state index contributed by atoms with van der Waals surface area (Å²) >= 11 is 3.28. The summed E-state index contributed by atoms with van der Waals surface area (Å²) < 4.78 is 6.04. The molecule has 0 aliphatic rings. The fourth-order valence-corrected chi connectivity index (χ4v) is 1.85. The number of nitrogens with two attached hydrogens (primary N) is 2. The molecule has 0 unspecified atom stereocenters. The van der Waals surface area contributed by atoms with Crippen LogP contribution in [0.2, 0.25) is 0 Å². The number of primary amides is 1. The van der Waals surface area contributed by atoms with Crippen molar-refractivity contribution in [1.82, 2.24) is 5.32 Å². The van der Waals surface area contributed by atoms with Crippen molar-refractivity contribution in [2.24, 2.45) is 5.73 Å². The molecular formula is C10H12BrN3O3. The summed E-state index contributed by atoms with van der Waals surface area (Å²) in [7, 11) is 0. The number of rotatable bonds is 3. The molecule has 17 heavy (non-hydrogen) atoms. The fourth-order valence-electron chi connectivity index (χ4n) is 1.26. The first-order valence-electron chi connectivity index (χ1n) is 4.68. The smallest absolute Gasteiger partial charge is 0.318 e. The molecule has 0 spiro atoms. The third-order valence-corrected chi connectivity index (χ3v) is 2.34. The number of halogens is 1. The molecule has 1 aromatic carbocycles. The van der Waals surface area contributed by atoms with Crippen molar-refractivity contribution in [3.63, 3.8) is 0 Å². The SMILES string of the molecule is Cc1cc(Br)cc(N)c1OCC(=O)NC(N)=O. The molecule has 3 amide bonds. The monoisotopic (exact) mass is 301 g/mol. The summed E-state index contributed by atoms with van der Waals surface area (Å²) in [5.74, 6) is -0.216. The number of carbonyl (C=O) groups is 2. The summed E-state index contributed by atoms with van der Waals surface area (Å²) in [5.41, 5.74) is 11.7. The van der Waals surface area contributed by atoms with Gasteiger partial charge in [-0.3, -0.25) is 10.1 Å². The molecule has 0 bridgehead atoms. The van der Waals surface area contributed by atoms with E-state index in [0.717, 1.165) is 10.0 Å². The van der Waals surface area contributed by atoms with Gasteiger partial charge in [0.2, 0.25) is 0 Å². The highest BCUT2D eigenvalue weighted by Gasteiger charge is 2.10. The second kappa shape index (κ2) is 5.53. The van der Waals surface area contributed by atoms with Crippen molar-refractivity contribution in [2.45, 2.75) is 6.92 Å². The zero-order valence-electron chi connectivity index (χ0n) is 9.12. The summed E-state index contributed by atoms with van der Waals surface area (Å²) in [6.07, 6.45) is 0. The van der Waals surface area contributed by atoms with Gasteiger partial charge in [-0.1, -0.05) is 15.9 Å². The quantitative estimate of drug-likeness (QED) is 0.721. The molecule has 0 aliphatic carbocycles. The first-order valence-corrected chi connectivity index (χ1v) is 5.47. The van der Waals surface area contributed by atoms with Crippen LogP contribution in [0.1, 0.15) is 5.56 Å². The summed E-state index contributed by atoms with van der Waals surface area (Å²) in [6, 6.07) is 2.55. The lowest BCUT2D eigenvalue weighted by Gasteiger charge is -2.11. The Kier molecular flexibility index (Phi) is 4.33. The van der Waals surface area contributed by atoms with Gasteiger partial charge in [-0.05, 0) is 24.6 Å². The van der Waals surface area contributed by atoms with Crippen LogP contribution in [0.15, 0.2) is 16.6 Å². The van der Waals surface area contributed by atoms with E-state index in [4.69, 9.17) is 16.2 Å². The lowest BCUT2D eigenvalue weighted by atomic mass is 10.2. The number of nitrogens with one attached hydrogen (secondary N) is 1. The van der Waals surface area contributed by atoms with E-state index in [2.05, 4.69) is 15.9 Å². The maximum atomic E-state index is 11.1. The van der Waals surface area contributed by atoms with Crippen LogP contribution in [-0.2, 0) is 4.79 Å². The highest BCUT2D eigenvalue weighted by molar-refractivity contribution is 9.10. The minimum absolute atomic E-state index is 0.324. The first kappa shape index (κ1) is 13.3. The molecule has 0 fully saturated rings. The van der Waals surface area contributed by atoms with Gasteiger partial charge in [0.1, 0.15) is 5.75 Å². The van der Waals surface area contributed by atoms with Gasteiger partial charge in [-0.2, -0.15) is 0 Å². The molecule has 0 saturated carbocycles. The second-order valence-corrected chi connectivity index (χ2v) is 4.26. The summed E-state index contributed by atoms with van der Waals surface area (Å²) in [4.78, 5) is 21.5. The normalized spacial score (nSPS) is 9.76. The Labute approximate surface area is 106 Å². The van der Waals surface area contributed by atoms with E-state index < -0.39 is 11.9 Å². The highest BCUT2D eigenvalue weighted by Crippen LogP contribution is 2.29. The molecular weight excluding hydrogens is 290 g/mol. The van der Waals surface area contributed by atoms with E-state index in [9.17, 15) is 9.59 Å². The Hall–Kier alpha value is -1.76. The zero-order valence-corrected chi connectivity index (χ0v) is 10.7. The minimum atomic E-state index is -0.917. The van der Waals surface area contributed by atoms with Gasteiger partial charge in [0, 0.05) is 4.47 Å². The average Bonchev–Trinajstić information content (AvgIpc) is 2.14. The third-order valence-electron chi connectivity index (χ3n) is 1.88. The van der Waals surface area contributed by atoms with Crippen molar-refractivity contribution < 1.29 is 14.3 Å². The predicted molar refractivity (Wildman–Crippen MR) is 66.5 cm³/mol. The molecule has 0 aromatic heterocycles. The number of nitrogen functional groups attached to an aromatic ring is 1. The van der Waals surface area contributed by atoms with Gasteiger partial charge in [0.25, 0.3) is 5.91 Å². The van der Waals surface area contributed by atoms with Crippen LogP contribution < -0.4 is 21.5 Å². The Bertz CT molecular complexity index is 439. The molecule has 0 heterocycles. The molecule has 6 nitrogen and oxygen atoms in total. The van der Waals surface area contributed by atoms with E-state index in [0.29, 0.717) is 11.4 Å². The van der Waals surface area contributed by atoms with Crippen LogP contribution in [0.25, 0.3) is 0 Å². The Morgan fingerprint density at radius 1 is 1.47 bits per heavy atom. The minimum Gasteiger partial charge on any atom is -0.481 e. The van der Waals surface area contributed by atoms with Gasteiger partial charge in [-0.25, -0.2) is 4.79 Å². The maximum absolute atomic E-state index is 11.1. The standard InChI is InChI=1S/C10H12BrN3O3/c1-5-2-6(11)3-7(12)9(5)17-4-8(15)14-10(13)16/h2-3H,4,12H2,1H3,(H3,13,14,15,16). The Morgan fingerprint density at radius 3 is 2.65 bits per heavy atom. The lowest BCUT2D eigenvalue weighted by molar-refractivity contribution is -0.121. The molecule has 0 aliphatic heterocycles. The second-order valence-electron chi connectivity index (χ2n) is 3.34. The van der Waals surface area contributed by atoms with Crippen molar-refractivity contribution in [2.75, 3.05) is 12.3 Å². The fraction of sp³-hybridized carbons (Fsp3) is 0.200. The number of urea groups is 1. The lowest BCUT2D eigenvalue weighted by Crippen LogP contribution is -2.38. The number of ether oxygens (including phenoxy) is 1. The number of hydrogen-bond acceptors (Lipinski definition) is 4. The van der Waals surface area contributed by atoms with Crippen LogP contribution in [0.4, 0.5) is 10.5 Å². The third kappa shape index (κ3) is 3.95. The number of amides is 3.